The molecule has 0 spiro atoms. The van der Waals surface area contributed by atoms with E-state index in [4.69, 9.17) is 9.47 Å². The first-order valence-electron chi connectivity index (χ1n) is 12.5. The summed E-state index contributed by atoms with van der Waals surface area (Å²) in [6.07, 6.45) is 12.9. The molecule has 6 aliphatic rings. The highest BCUT2D eigenvalue weighted by molar-refractivity contribution is 6.01. The van der Waals surface area contributed by atoms with E-state index in [-0.39, 0.29) is 34.7 Å². The van der Waals surface area contributed by atoms with E-state index >= 15 is 0 Å². The summed E-state index contributed by atoms with van der Waals surface area (Å²) in [6, 6.07) is 0. The van der Waals surface area contributed by atoms with Crippen molar-refractivity contribution < 1.29 is 29.3 Å². The predicted octanol–water partition coefficient (Wildman–Crippen LogP) is 2.88. The number of ketones is 2. The van der Waals surface area contributed by atoms with Crippen LogP contribution in [0.4, 0.5) is 0 Å². The second-order valence-electron chi connectivity index (χ2n) is 11.6. The number of aliphatic hydroxyl groups is 2. The Hall–Kier alpha value is -1.60. The molecule has 5 fully saturated rings. The molecule has 0 aromatic carbocycles. The van der Waals surface area contributed by atoms with Crippen molar-refractivity contribution >= 4 is 11.6 Å². The van der Waals surface area contributed by atoms with Crippen LogP contribution in [0.3, 0.4) is 0 Å². The molecular formula is C27H34O6. The normalized spacial score (nSPS) is 50.5. The van der Waals surface area contributed by atoms with Gasteiger partial charge in [-0.05, 0) is 74.5 Å². The quantitative estimate of drug-likeness (QED) is 0.635. The number of ether oxygens (including phenoxy) is 2. The average molecular weight is 455 g/mol. The Balaban J connectivity index is 1.37. The summed E-state index contributed by atoms with van der Waals surface area (Å²) in [6.45, 7) is 3.61. The lowest BCUT2D eigenvalue weighted by atomic mass is 9.46. The van der Waals surface area contributed by atoms with Gasteiger partial charge < -0.3 is 19.7 Å². The van der Waals surface area contributed by atoms with Gasteiger partial charge in [0.05, 0.1) is 12.2 Å². The van der Waals surface area contributed by atoms with Crippen molar-refractivity contribution in [1.82, 2.24) is 0 Å². The minimum Gasteiger partial charge on any atom is -0.393 e. The van der Waals surface area contributed by atoms with E-state index in [9.17, 15) is 19.8 Å². The third-order valence-corrected chi connectivity index (χ3v) is 9.98. The minimum absolute atomic E-state index is 0.0195. The van der Waals surface area contributed by atoms with Gasteiger partial charge in [0.15, 0.2) is 23.5 Å². The zero-order valence-electron chi connectivity index (χ0n) is 19.4. The summed E-state index contributed by atoms with van der Waals surface area (Å²) in [5.41, 5.74) is -1.13. The number of aliphatic hydroxyl groups excluding tert-OH is 2. The van der Waals surface area contributed by atoms with Gasteiger partial charge >= 0.3 is 0 Å². The van der Waals surface area contributed by atoms with Crippen LogP contribution in [-0.2, 0) is 19.1 Å². The topological polar surface area (TPSA) is 93.1 Å². The third-order valence-electron chi connectivity index (χ3n) is 9.98. The molecular weight excluding hydrogens is 420 g/mol. The number of allylic oxidation sites excluding steroid dienone is 5. The second-order valence-corrected chi connectivity index (χ2v) is 11.6. The smallest absolute Gasteiger partial charge is 0.193 e. The highest BCUT2D eigenvalue weighted by Gasteiger charge is 2.75. The lowest BCUT2D eigenvalue weighted by Crippen LogP contribution is -2.63. The van der Waals surface area contributed by atoms with Crippen LogP contribution in [0.1, 0.15) is 52.4 Å². The largest absolute Gasteiger partial charge is 0.393 e. The van der Waals surface area contributed by atoms with Gasteiger partial charge in [-0.15, -0.1) is 0 Å². The molecule has 0 aromatic heterocycles. The van der Waals surface area contributed by atoms with Gasteiger partial charge in [-0.2, -0.15) is 0 Å². The van der Waals surface area contributed by atoms with Gasteiger partial charge in [0, 0.05) is 16.7 Å². The van der Waals surface area contributed by atoms with Gasteiger partial charge in [0.1, 0.15) is 6.61 Å². The number of hydrogen-bond acceptors (Lipinski definition) is 6. The number of carbonyl (C=O) groups is 2. The van der Waals surface area contributed by atoms with Crippen LogP contribution in [0.2, 0.25) is 0 Å². The van der Waals surface area contributed by atoms with E-state index in [0.717, 1.165) is 18.4 Å². The predicted molar refractivity (Wildman–Crippen MR) is 120 cm³/mol. The molecule has 0 aromatic rings. The van der Waals surface area contributed by atoms with Crippen molar-refractivity contribution in [1.29, 1.82) is 0 Å². The van der Waals surface area contributed by atoms with Gasteiger partial charge in [-0.25, -0.2) is 0 Å². The van der Waals surface area contributed by atoms with Crippen molar-refractivity contribution in [2.24, 2.45) is 34.5 Å². The van der Waals surface area contributed by atoms with E-state index in [1.807, 2.05) is 12.2 Å². The highest BCUT2D eigenvalue weighted by Crippen LogP contribution is 2.69. The fourth-order valence-corrected chi connectivity index (χ4v) is 8.34. The Morgan fingerprint density at radius 2 is 2.03 bits per heavy atom. The lowest BCUT2D eigenvalue weighted by molar-refractivity contribution is -0.193. The van der Waals surface area contributed by atoms with Crippen molar-refractivity contribution in [2.45, 2.75) is 76.5 Å². The van der Waals surface area contributed by atoms with E-state index < -0.39 is 36.1 Å². The summed E-state index contributed by atoms with van der Waals surface area (Å²) < 4.78 is 12.8. The average Bonchev–Trinajstić information content (AvgIpc) is 3.48. The van der Waals surface area contributed by atoms with Crippen LogP contribution in [0, 0.1) is 34.5 Å². The van der Waals surface area contributed by atoms with Gasteiger partial charge in [-0.3, -0.25) is 9.59 Å². The Bertz CT molecular complexity index is 977. The molecule has 1 saturated heterocycles. The van der Waals surface area contributed by atoms with Crippen molar-refractivity contribution in [3.63, 3.8) is 0 Å². The van der Waals surface area contributed by atoms with Crippen molar-refractivity contribution in [3.05, 3.63) is 36.0 Å². The SMILES string of the molecule is C[C@]12C=CC(=O)C=C1CC[C@@H]1[C@@H]2[C@@H](O)C[C@@]2(C)[C@H]1C[C@H]1O[C@@H](/C=C/C3CC3)O[C@]12C(=O)CO. The molecule has 2 N–H and O–H groups in total. The zero-order valence-corrected chi connectivity index (χ0v) is 19.4. The first kappa shape index (κ1) is 21.9. The van der Waals surface area contributed by atoms with Crippen LogP contribution in [0.5, 0.6) is 0 Å². The standard InChI is InChI=1S/C27H34O6/c1-25-10-9-17(29)11-16(25)6-7-18-19-12-22-27(21(31)14-28,26(19,2)13-20(30)24(18)25)33-23(32-22)8-5-15-3-4-15/h5,8-11,15,18-20,22-24,28,30H,3-4,6-7,12-14H2,1-2H3/b8-5+/t18-,19-,20-,22+,23+,24+,25-,26-,27+/m0/s1. The number of Topliss-reactive ketones (excluding diaryl/α,β-unsaturated/α-hetero) is 1. The van der Waals surface area contributed by atoms with Crippen LogP contribution in [0.25, 0.3) is 0 Å². The molecule has 9 atom stereocenters. The summed E-state index contributed by atoms with van der Waals surface area (Å²) in [4.78, 5) is 25.4. The molecule has 178 valence electrons. The van der Waals surface area contributed by atoms with E-state index in [1.165, 1.54) is 12.8 Å². The summed E-state index contributed by atoms with van der Waals surface area (Å²) in [7, 11) is 0. The fraction of sp³-hybridized carbons (Fsp3) is 0.704. The number of fused-ring (bicyclic) bond motifs is 7. The van der Waals surface area contributed by atoms with Crippen molar-refractivity contribution in [3.8, 4) is 0 Å². The Morgan fingerprint density at radius 3 is 2.76 bits per heavy atom. The van der Waals surface area contributed by atoms with Crippen LogP contribution < -0.4 is 0 Å². The number of carbonyl (C=O) groups excluding carboxylic acids is 2. The van der Waals surface area contributed by atoms with E-state index in [1.54, 1.807) is 12.2 Å². The molecule has 0 unspecified atom stereocenters. The maximum Gasteiger partial charge on any atom is 0.193 e. The summed E-state index contributed by atoms with van der Waals surface area (Å²) >= 11 is 0. The maximum absolute atomic E-state index is 13.3. The molecule has 6 heteroatoms. The van der Waals surface area contributed by atoms with Crippen LogP contribution in [0.15, 0.2) is 36.0 Å². The highest BCUT2D eigenvalue weighted by atomic mass is 16.7. The number of rotatable bonds is 4. The Morgan fingerprint density at radius 1 is 1.24 bits per heavy atom. The zero-order chi connectivity index (χ0) is 23.2. The Kier molecular flexibility index (Phi) is 4.78. The molecule has 6 rings (SSSR count). The first-order valence-corrected chi connectivity index (χ1v) is 12.5. The molecule has 0 bridgehead atoms. The summed E-state index contributed by atoms with van der Waals surface area (Å²) in [5.74, 6) is 0.542. The minimum atomic E-state index is -1.24. The molecule has 33 heavy (non-hydrogen) atoms. The molecule has 6 nitrogen and oxygen atoms in total. The molecule has 4 saturated carbocycles. The molecule has 0 radical (unpaired) electrons. The van der Waals surface area contributed by atoms with E-state index in [0.29, 0.717) is 18.8 Å². The van der Waals surface area contributed by atoms with Crippen molar-refractivity contribution in [2.75, 3.05) is 6.61 Å². The second kappa shape index (κ2) is 7.20. The fourth-order valence-electron chi connectivity index (χ4n) is 8.34. The summed E-state index contributed by atoms with van der Waals surface area (Å²) in [5, 5.41) is 21.6. The molecule has 5 aliphatic carbocycles. The maximum atomic E-state index is 13.3. The molecule has 1 heterocycles. The van der Waals surface area contributed by atoms with E-state index in [2.05, 4.69) is 19.9 Å². The monoisotopic (exact) mass is 454 g/mol. The van der Waals surface area contributed by atoms with Gasteiger partial charge in [-0.1, -0.05) is 31.6 Å². The number of hydrogen-bond donors (Lipinski definition) is 2. The molecule has 0 amide bonds. The lowest BCUT2D eigenvalue weighted by Gasteiger charge is -2.59. The van der Waals surface area contributed by atoms with Crippen LogP contribution >= 0.6 is 0 Å². The molecule has 1 aliphatic heterocycles. The first-order chi connectivity index (χ1) is 15.7. The van der Waals surface area contributed by atoms with Gasteiger partial charge in [0.25, 0.3) is 0 Å². The van der Waals surface area contributed by atoms with Crippen LogP contribution in [-0.4, -0.2) is 52.5 Å². The Labute approximate surface area is 194 Å². The van der Waals surface area contributed by atoms with Gasteiger partial charge in [0.2, 0.25) is 0 Å². The third kappa shape index (κ3) is 2.87.